The van der Waals surface area contributed by atoms with Crippen molar-refractivity contribution in [3.05, 3.63) is 29.9 Å². The number of rotatable bonds is 3. The van der Waals surface area contributed by atoms with Crippen molar-refractivity contribution in [3.8, 4) is 5.75 Å². The quantitative estimate of drug-likeness (QED) is 0.774. The topological polar surface area (TPSA) is 55.7 Å². The van der Waals surface area contributed by atoms with Gasteiger partial charge >= 0.3 is 0 Å². The minimum absolute atomic E-state index is 0.434. The Labute approximate surface area is 94.6 Å². The van der Waals surface area contributed by atoms with Gasteiger partial charge in [0.2, 0.25) is 0 Å². The van der Waals surface area contributed by atoms with Crippen LogP contribution in [0.3, 0.4) is 0 Å². The van der Waals surface area contributed by atoms with E-state index in [4.69, 9.17) is 17.0 Å². The third kappa shape index (κ3) is 2.54. The average Bonchev–Trinajstić information content (AvgIpc) is 2.74. The average molecular weight is 218 g/mol. The van der Waals surface area contributed by atoms with E-state index >= 15 is 0 Å². The van der Waals surface area contributed by atoms with Crippen LogP contribution in [0.15, 0.2) is 18.3 Å². The highest BCUT2D eigenvalue weighted by Gasteiger charge is 2.25. The van der Waals surface area contributed by atoms with Crippen molar-refractivity contribution < 1.29 is 4.74 Å². The van der Waals surface area contributed by atoms with Gasteiger partial charge in [-0.15, -0.1) is 5.01 Å². The summed E-state index contributed by atoms with van der Waals surface area (Å²) in [6.07, 6.45) is 2.65. The molecule has 0 aliphatic carbocycles. The van der Waals surface area contributed by atoms with Gasteiger partial charge in [-0.1, -0.05) is 0 Å². The number of anilines is 1. The maximum atomic E-state index is 6.90. The Balaban J connectivity index is 1.82. The second-order valence-electron chi connectivity index (χ2n) is 3.89. The number of ether oxygens (including phenoxy) is 1. The molecule has 1 fully saturated rings. The number of aromatic nitrogens is 1. The normalized spacial score (nSPS) is 19.4. The minimum Gasteiger partial charge on any atom is -0.493 e. The van der Waals surface area contributed by atoms with Gasteiger partial charge in [0.05, 0.1) is 19.7 Å². The molecule has 1 saturated heterocycles. The lowest BCUT2D eigenvalue weighted by Gasteiger charge is -2.10. The van der Waals surface area contributed by atoms with Crippen LogP contribution in [0, 0.1) is 12.5 Å². The van der Waals surface area contributed by atoms with E-state index in [2.05, 4.69) is 9.94 Å². The Hall–Kier alpha value is -1.96. The molecule has 1 aromatic rings. The molecule has 1 aliphatic rings. The molecule has 2 rings (SSSR count). The van der Waals surface area contributed by atoms with Crippen LogP contribution in [-0.4, -0.2) is 29.7 Å². The summed E-state index contributed by atoms with van der Waals surface area (Å²) >= 11 is 0. The first-order valence-electron chi connectivity index (χ1n) is 5.24. The lowest BCUT2D eigenvalue weighted by molar-refractivity contribution is 0.251. The molecular formula is C11H14N4O. The molecule has 84 valence electrons. The van der Waals surface area contributed by atoms with E-state index in [1.807, 2.05) is 0 Å². The highest BCUT2D eigenvalue weighted by Crippen LogP contribution is 2.19. The van der Waals surface area contributed by atoms with Crippen molar-refractivity contribution in [1.82, 2.24) is 9.99 Å². The van der Waals surface area contributed by atoms with Crippen molar-refractivity contribution in [3.63, 3.8) is 0 Å². The lowest BCUT2D eigenvalue weighted by Crippen LogP contribution is -2.16. The molecule has 0 amide bonds. The summed E-state index contributed by atoms with van der Waals surface area (Å²) in [5, 5.41) is 1.74. The predicted molar refractivity (Wildman–Crippen MR) is 60.4 cm³/mol. The van der Waals surface area contributed by atoms with Gasteiger partial charge in [-0.05, 0) is 12.5 Å². The molecule has 5 heteroatoms. The third-order valence-electron chi connectivity index (χ3n) is 2.64. The Morgan fingerprint density at radius 2 is 2.56 bits per heavy atom. The third-order valence-corrected chi connectivity index (χ3v) is 2.64. The van der Waals surface area contributed by atoms with Crippen molar-refractivity contribution in [2.45, 2.75) is 6.42 Å². The zero-order valence-corrected chi connectivity index (χ0v) is 8.97. The highest BCUT2D eigenvalue weighted by atomic mass is 16.5. The zero-order valence-electron chi connectivity index (χ0n) is 8.97. The summed E-state index contributed by atoms with van der Waals surface area (Å²) < 4.78 is 5.61. The molecule has 0 aromatic carbocycles. The molecule has 0 spiro atoms. The minimum atomic E-state index is 0.434. The first-order valence-corrected chi connectivity index (χ1v) is 5.24. The van der Waals surface area contributed by atoms with E-state index in [0.717, 1.165) is 25.3 Å². The molecule has 2 heterocycles. The van der Waals surface area contributed by atoms with Gasteiger partial charge in [0, 0.05) is 18.2 Å². The number of nitrogen functional groups attached to an aromatic ring is 1. The smallest absolute Gasteiger partial charge is 0.126 e. The Bertz CT molecular complexity index is 401. The van der Waals surface area contributed by atoms with E-state index < -0.39 is 0 Å². The van der Waals surface area contributed by atoms with E-state index in [1.165, 1.54) is 0 Å². The molecule has 16 heavy (non-hydrogen) atoms. The maximum absolute atomic E-state index is 6.90. The fourth-order valence-electron chi connectivity index (χ4n) is 1.77. The van der Waals surface area contributed by atoms with E-state index in [-0.39, 0.29) is 0 Å². The number of nitrogens with two attached hydrogens (primary N) is 1. The van der Waals surface area contributed by atoms with Gasteiger partial charge in [-0.25, -0.2) is 4.98 Å². The Morgan fingerprint density at radius 3 is 3.25 bits per heavy atom. The molecule has 1 unspecified atom stereocenters. The fourth-order valence-corrected chi connectivity index (χ4v) is 1.77. The van der Waals surface area contributed by atoms with Crippen LogP contribution in [0.4, 0.5) is 5.82 Å². The summed E-state index contributed by atoms with van der Waals surface area (Å²) in [7, 11) is 0. The fraction of sp³-hybridized carbons (Fsp3) is 0.455. The maximum Gasteiger partial charge on any atom is 0.126 e. The molecular weight excluding hydrogens is 204 g/mol. The largest absolute Gasteiger partial charge is 0.493 e. The Kier molecular flexibility index (Phi) is 3.10. The van der Waals surface area contributed by atoms with Crippen LogP contribution < -0.4 is 10.5 Å². The predicted octanol–water partition coefficient (Wildman–Crippen LogP) is 1.20. The van der Waals surface area contributed by atoms with Crippen molar-refractivity contribution >= 4 is 5.82 Å². The molecule has 1 atom stereocenters. The van der Waals surface area contributed by atoms with Crippen LogP contribution in [0.2, 0.25) is 0 Å². The van der Waals surface area contributed by atoms with Gasteiger partial charge < -0.3 is 10.5 Å². The second kappa shape index (κ2) is 4.71. The van der Waals surface area contributed by atoms with Crippen LogP contribution >= 0.6 is 0 Å². The first-order chi connectivity index (χ1) is 7.78. The lowest BCUT2D eigenvalue weighted by atomic mass is 10.1. The standard InChI is InChI=1S/C11H14N4O/c1-13-15-5-3-9(7-15)8-16-10-2-4-14-11(12)6-10/h2,4,6,9H,3,5,7-8H2,(H2,12,14). The van der Waals surface area contributed by atoms with Crippen molar-refractivity contribution in [2.75, 3.05) is 25.4 Å². The SMILES string of the molecule is [C-]#[N+]N1CCC(COc2ccnc(N)c2)C1. The summed E-state index contributed by atoms with van der Waals surface area (Å²) in [5.74, 6) is 1.64. The second-order valence-corrected chi connectivity index (χ2v) is 3.89. The number of hydrogen-bond acceptors (Lipinski definition) is 4. The van der Waals surface area contributed by atoms with Crippen LogP contribution in [0.5, 0.6) is 5.75 Å². The van der Waals surface area contributed by atoms with Gasteiger partial charge in [0.15, 0.2) is 0 Å². The zero-order chi connectivity index (χ0) is 11.4. The number of hydrogen-bond donors (Lipinski definition) is 1. The first kappa shape index (κ1) is 10.6. The van der Waals surface area contributed by atoms with Gasteiger partial charge in [0.25, 0.3) is 0 Å². The summed E-state index contributed by atoms with van der Waals surface area (Å²) in [6.45, 7) is 9.17. The number of nitrogens with zero attached hydrogens (tertiary/aromatic N) is 3. The van der Waals surface area contributed by atoms with Gasteiger partial charge in [-0.3, -0.25) is 0 Å². The van der Waals surface area contributed by atoms with E-state index in [1.54, 1.807) is 23.3 Å². The molecule has 2 N–H and O–H groups in total. The summed E-state index contributed by atoms with van der Waals surface area (Å²) in [5.41, 5.74) is 5.55. The molecule has 1 aliphatic heterocycles. The molecule has 0 saturated carbocycles. The van der Waals surface area contributed by atoms with Gasteiger partial charge in [-0.2, -0.15) is 11.5 Å². The van der Waals surface area contributed by atoms with Crippen LogP contribution in [-0.2, 0) is 0 Å². The molecule has 0 bridgehead atoms. The summed E-state index contributed by atoms with van der Waals surface area (Å²) in [6, 6.07) is 3.50. The molecule has 5 nitrogen and oxygen atoms in total. The van der Waals surface area contributed by atoms with Crippen molar-refractivity contribution in [1.29, 1.82) is 0 Å². The highest BCUT2D eigenvalue weighted by molar-refractivity contribution is 5.35. The van der Waals surface area contributed by atoms with Crippen LogP contribution in [0.25, 0.3) is 4.95 Å². The molecule has 0 radical (unpaired) electrons. The van der Waals surface area contributed by atoms with E-state index in [9.17, 15) is 0 Å². The Morgan fingerprint density at radius 1 is 1.69 bits per heavy atom. The van der Waals surface area contributed by atoms with E-state index in [0.29, 0.717) is 18.3 Å². The van der Waals surface area contributed by atoms with Crippen molar-refractivity contribution in [2.24, 2.45) is 5.92 Å². The monoisotopic (exact) mass is 218 g/mol. The van der Waals surface area contributed by atoms with Crippen LogP contribution in [0.1, 0.15) is 6.42 Å². The number of pyridine rings is 1. The van der Waals surface area contributed by atoms with Gasteiger partial charge in [0.1, 0.15) is 11.6 Å². The summed E-state index contributed by atoms with van der Waals surface area (Å²) in [4.78, 5) is 7.30. The molecule has 1 aromatic heterocycles.